The average molecular weight is 481 g/mol. The van der Waals surface area contributed by atoms with Crippen LogP contribution in [0.3, 0.4) is 0 Å². The number of carbonyl (C=O) groups is 1. The third kappa shape index (κ3) is 4.97. The van der Waals surface area contributed by atoms with Gasteiger partial charge in [-0.1, -0.05) is 24.3 Å². The number of hydrogen-bond donors (Lipinski definition) is 1. The van der Waals surface area contributed by atoms with Crippen molar-refractivity contribution >= 4 is 17.3 Å². The van der Waals surface area contributed by atoms with Crippen LogP contribution in [0.1, 0.15) is 16.8 Å². The molecule has 1 saturated heterocycles. The Morgan fingerprint density at radius 3 is 2.57 bits per heavy atom. The molecule has 2 aliphatic heterocycles. The number of aromatic nitrogens is 1. The van der Waals surface area contributed by atoms with Gasteiger partial charge in [0.25, 0.3) is 0 Å². The monoisotopic (exact) mass is 480 g/mol. The van der Waals surface area contributed by atoms with E-state index in [1.54, 1.807) is 12.3 Å². The zero-order valence-electron chi connectivity index (χ0n) is 19.2. The van der Waals surface area contributed by atoms with Crippen molar-refractivity contribution in [1.29, 1.82) is 0 Å². The molecule has 35 heavy (non-hydrogen) atoms. The van der Waals surface area contributed by atoms with Crippen molar-refractivity contribution in [2.75, 3.05) is 36.0 Å². The van der Waals surface area contributed by atoms with Crippen molar-refractivity contribution in [1.82, 2.24) is 10.3 Å². The first kappa shape index (κ1) is 23.2. The predicted molar refractivity (Wildman–Crippen MR) is 129 cm³/mol. The van der Waals surface area contributed by atoms with Crippen LogP contribution in [0.15, 0.2) is 72.9 Å². The largest absolute Gasteiger partial charge is 0.416 e. The van der Waals surface area contributed by atoms with Gasteiger partial charge in [0, 0.05) is 55.9 Å². The summed E-state index contributed by atoms with van der Waals surface area (Å²) in [5.74, 6) is -0.588. The Hall–Kier alpha value is -3.55. The van der Waals surface area contributed by atoms with E-state index < -0.39 is 17.7 Å². The number of nitrogens with zero attached hydrogens (tertiary/aromatic N) is 3. The minimum absolute atomic E-state index is 0.131. The third-order valence-electron chi connectivity index (χ3n) is 6.90. The van der Waals surface area contributed by atoms with Crippen LogP contribution in [-0.4, -0.2) is 43.1 Å². The second-order valence-electron chi connectivity index (χ2n) is 9.06. The molecule has 0 aliphatic carbocycles. The molecular formula is C27H27F3N4O. The number of pyridine rings is 1. The number of para-hydroxylation sites is 1. The van der Waals surface area contributed by atoms with E-state index in [4.69, 9.17) is 0 Å². The summed E-state index contributed by atoms with van der Waals surface area (Å²) in [6.45, 7) is 2.42. The number of carbonyl (C=O) groups excluding carboxylic acids is 1. The predicted octanol–water partition coefficient (Wildman–Crippen LogP) is 4.33. The van der Waals surface area contributed by atoms with Crippen LogP contribution in [-0.2, 0) is 23.8 Å². The third-order valence-corrected chi connectivity index (χ3v) is 6.90. The molecule has 3 heterocycles. The fourth-order valence-electron chi connectivity index (χ4n) is 5.16. The van der Waals surface area contributed by atoms with Crippen LogP contribution in [0.4, 0.5) is 24.5 Å². The normalized spacial score (nSPS) is 19.6. The quantitative estimate of drug-likeness (QED) is 0.591. The summed E-state index contributed by atoms with van der Waals surface area (Å²) in [4.78, 5) is 22.0. The fraction of sp³-hybridized carbons (Fsp3) is 0.333. The first-order valence-corrected chi connectivity index (χ1v) is 11.8. The number of halogens is 3. The number of piperazine rings is 1. The first-order valence-electron chi connectivity index (χ1n) is 11.8. The molecule has 5 nitrogen and oxygen atoms in total. The van der Waals surface area contributed by atoms with E-state index >= 15 is 0 Å². The molecule has 5 rings (SSSR count). The van der Waals surface area contributed by atoms with E-state index in [9.17, 15) is 18.0 Å². The van der Waals surface area contributed by atoms with E-state index in [1.165, 1.54) is 6.07 Å². The minimum Gasteiger partial charge on any atom is -0.368 e. The van der Waals surface area contributed by atoms with Gasteiger partial charge in [-0.3, -0.25) is 9.78 Å². The van der Waals surface area contributed by atoms with Crippen LogP contribution < -0.4 is 15.1 Å². The summed E-state index contributed by atoms with van der Waals surface area (Å²) in [6, 6.07) is 19.5. The molecule has 2 aliphatic rings. The van der Waals surface area contributed by atoms with Gasteiger partial charge in [-0.15, -0.1) is 0 Å². The molecule has 0 saturated carbocycles. The Labute approximate surface area is 202 Å². The first-order chi connectivity index (χ1) is 16.9. The lowest BCUT2D eigenvalue weighted by atomic mass is 9.82. The molecule has 1 aromatic heterocycles. The molecule has 0 spiro atoms. The van der Waals surface area contributed by atoms with Gasteiger partial charge in [-0.25, -0.2) is 0 Å². The molecule has 182 valence electrons. The van der Waals surface area contributed by atoms with Crippen molar-refractivity contribution in [2.45, 2.75) is 25.1 Å². The topological polar surface area (TPSA) is 48.5 Å². The second-order valence-corrected chi connectivity index (χ2v) is 9.06. The number of nitrogens with one attached hydrogen (secondary N) is 1. The highest BCUT2D eigenvalue weighted by Crippen LogP contribution is 2.40. The highest BCUT2D eigenvalue weighted by atomic mass is 19.4. The number of anilines is 2. The molecule has 3 aromatic rings. The molecular weight excluding hydrogens is 453 g/mol. The lowest BCUT2D eigenvalue weighted by molar-refractivity contribution is -0.137. The van der Waals surface area contributed by atoms with Gasteiger partial charge in [-0.2, -0.15) is 13.2 Å². The van der Waals surface area contributed by atoms with Crippen LogP contribution in [0.5, 0.6) is 0 Å². The molecule has 1 fully saturated rings. The van der Waals surface area contributed by atoms with Crippen molar-refractivity contribution in [3.63, 3.8) is 0 Å². The zero-order valence-corrected chi connectivity index (χ0v) is 19.2. The number of fused-ring (bicyclic) bond motifs is 3. The fourth-order valence-corrected chi connectivity index (χ4v) is 5.16. The highest BCUT2D eigenvalue weighted by Gasteiger charge is 2.42. The Bertz CT molecular complexity index is 1170. The van der Waals surface area contributed by atoms with E-state index in [0.29, 0.717) is 31.6 Å². The Balaban J connectivity index is 1.40. The maximum atomic E-state index is 13.4. The van der Waals surface area contributed by atoms with Crippen LogP contribution >= 0.6 is 0 Å². The lowest BCUT2D eigenvalue weighted by Crippen LogP contribution is -2.61. The van der Waals surface area contributed by atoms with Crippen molar-refractivity contribution in [3.8, 4) is 0 Å². The van der Waals surface area contributed by atoms with Gasteiger partial charge in [0.2, 0.25) is 5.91 Å². The zero-order chi connectivity index (χ0) is 24.4. The van der Waals surface area contributed by atoms with Crippen molar-refractivity contribution in [3.05, 3.63) is 89.7 Å². The van der Waals surface area contributed by atoms with Crippen LogP contribution in [0, 0.1) is 5.92 Å². The molecule has 1 N–H and O–H groups in total. The van der Waals surface area contributed by atoms with Crippen LogP contribution in [0.25, 0.3) is 0 Å². The standard InChI is InChI=1S/C27H27F3N4O/c28-27(29,30)20-9-10-24-19(16-20)17-23(26(35)32-13-11-21-6-4-5-12-31-21)25-18-33(14-15-34(24)25)22-7-2-1-3-8-22/h1-10,12,16,23,25H,11,13-15,17-18H2,(H,32,35)/t23-,25-/m0/s1. The average Bonchev–Trinajstić information content (AvgIpc) is 2.88. The minimum atomic E-state index is -4.42. The van der Waals surface area contributed by atoms with Gasteiger partial charge in [0.15, 0.2) is 0 Å². The lowest BCUT2D eigenvalue weighted by Gasteiger charge is -2.49. The summed E-state index contributed by atoms with van der Waals surface area (Å²) in [7, 11) is 0. The number of alkyl halides is 3. The number of amides is 1. The molecule has 8 heteroatoms. The molecule has 1 amide bonds. The summed E-state index contributed by atoms with van der Waals surface area (Å²) in [5, 5.41) is 3.02. The van der Waals surface area contributed by atoms with Crippen LogP contribution in [0.2, 0.25) is 0 Å². The smallest absolute Gasteiger partial charge is 0.368 e. The van der Waals surface area contributed by atoms with Gasteiger partial charge < -0.3 is 15.1 Å². The summed E-state index contributed by atoms with van der Waals surface area (Å²) in [5.41, 5.74) is 2.67. The molecule has 0 bridgehead atoms. The molecule has 0 radical (unpaired) electrons. The van der Waals surface area contributed by atoms with E-state index in [0.717, 1.165) is 29.7 Å². The van der Waals surface area contributed by atoms with Crippen molar-refractivity contribution < 1.29 is 18.0 Å². The summed E-state index contributed by atoms with van der Waals surface area (Å²) in [6.07, 6.45) is -1.83. The van der Waals surface area contributed by atoms with Gasteiger partial charge in [0.1, 0.15) is 0 Å². The maximum absolute atomic E-state index is 13.4. The molecule has 2 aromatic carbocycles. The number of benzene rings is 2. The summed E-state index contributed by atoms with van der Waals surface area (Å²) >= 11 is 0. The SMILES string of the molecule is O=C(NCCc1ccccn1)[C@H]1Cc2cc(C(F)(F)F)ccc2N2CCN(c3ccccc3)C[C@@H]12. The second kappa shape index (κ2) is 9.60. The van der Waals surface area contributed by atoms with Crippen molar-refractivity contribution in [2.24, 2.45) is 5.92 Å². The maximum Gasteiger partial charge on any atom is 0.416 e. The Morgan fingerprint density at radius 1 is 1.03 bits per heavy atom. The molecule has 0 unspecified atom stereocenters. The number of hydrogen-bond acceptors (Lipinski definition) is 4. The van der Waals surface area contributed by atoms with Gasteiger partial charge in [0.05, 0.1) is 17.5 Å². The Morgan fingerprint density at radius 2 is 1.83 bits per heavy atom. The van der Waals surface area contributed by atoms with E-state index in [2.05, 4.69) is 20.1 Å². The number of rotatable bonds is 5. The van der Waals surface area contributed by atoms with E-state index in [-0.39, 0.29) is 18.4 Å². The highest BCUT2D eigenvalue weighted by molar-refractivity contribution is 5.82. The van der Waals surface area contributed by atoms with Gasteiger partial charge in [-0.05, 0) is 54.4 Å². The van der Waals surface area contributed by atoms with Gasteiger partial charge >= 0.3 is 6.18 Å². The van der Waals surface area contributed by atoms with E-state index in [1.807, 2.05) is 48.5 Å². The molecule has 2 atom stereocenters. The Kier molecular flexibility index (Phi) is 6.36. The summed E-state index contributed by atoms with van der Waals surface area (Å²) < 4.78 is 40.2.